The van der Waals surface area contributed by atoms with E-state index < -0.39 is 0 Å². The number of nitrogens with zero attached hydrogens (tertiary/aromatic N) is 3. The molecule has 1 aromatic carbocycles. The summed E-state index contributed by atoms with van der Waals surface area (Å²) >= 11 is 9.39. The van der Waals surface area contributed by atoms with E-state index in [4.69, 9.17) is 17.3 Å². The van der Waals surface area contributed by atoms with Crippen molar-refractivity contribution in [2.45, 2.75) is 32.4 Å². The van der Waals surface area contributed by atoms with Gasteiger partial charge in [-0.3, -0.25) is 0 Å². The number of aromatic nitrogens is 3. The molecule has 2 aromatic rings. The zero-order valence-corrected chi connectivity index (χ0v) is 13.2. The molecule has 0 saturated carbocycles. The highest BCUT2D eigenvalue weighted by Gasteiger charge is 2.14. The summed E-state index contributed by atoms with van der Waals surface area (Å²) in [6, 6.07) is 5.88. The van der Waals surface area contributed by atoms with E-state index in [1.165, 1.54) is 0 Å². The van der Waals surface area contributed by atoms with E-state index in [-0.39, 0.29) is 12.1 Å². The Kier molecular flexibility index (Phi) is 4.60. The molecule has 6 heteroatoms. The quantitative estimate of drug-likeness (QED) is 0.924. The Hall–Kier alpha value is -0.910. The number of hydrogen-bond donors (Lipinski definition) is 1. The maximum Gasteiger partial charge on any atom is 0.138 e. The Morgan fingerprint density at radius 1 is 1.42 bits per heavy atom. The van der Waals surface area contributed by atoms with Crippen molar-refractivity contribution < 1.29 is 0 Å². The lowest BCUT2D eigenvalue weighted by Gasteiger charge is -2.15. The van der Waals surface area contributed by atoms with Crippen molar-refractivity contribution in [1.29, 1.82) is 0 Å². The zero-order valence-electron chi connectivity index (χ0n) is 10.8. The summed E-state index contributed by atoms with van der Waals surface area (Å²) in [7, 11) is 0. The molecular weight excluding hydrogens is 328 g/mol. The second-order valence-electron chi connectivity index (χ2n) is 4.70. The lowest BCUT2D eigenvalue weighted by molar-refractivity contribution is 0.493. The average molecular weight is 344 g/mol. The highest BCUT2D eigenvalue weighted by Crippen LogP contribution is 2.26. The van der Waals surface area contributed by atoms with E-state index in [2.05, 4.69) is 39.9 Å². The van der Waals surface area contributed by atoms with Crippen molar-refractivity contribution in [2.75, 3.05) is 0 Å². The van der Waals surface area contributed by atoms with E-state index in [1.807, 2.05) is 22.9 Å². The summed E-state index contributed by atoms with van der Waals surface area (Å²) in [6.07, 6.45) is 2.21. The maximum atomic E-state index is 6.23. The first-order valence-corrected chi connectivity index (χ1v) is 7.25. The average Bonchev–Trinajstić information content (AvgIpc) is 2.80. The summed E-state index contributed by atoms with van der Waals surface area (Å²) in [5.41, 5.74) is 7.25. The topological polar surface area (TPSA) is 56.7 Å². The van der Waals surface area contributed by atoms with Crippen molar-refractivity contribution in [3.8, 4) is 0 Å². The SMILES string of the molecule is CC(C)n1ncnc1CC(N)c1ccc(Cl)c(Br)c1. The molecule has 19 heavy (non-hydrogen) atoms. The van der Waals surface area contributed by atoms with Gasteiger partial charge in [0.15, 0.2) is 0 Å². The highest BCUT2D eigenvalue weighted by atomic mass is 79.9. The van der Waals surface area contributed by atoms with Crippen LogP contribution in [0.1, 0.15) is 37.3 Å². The van der Waals surface area contributed by atoms with Crippen molar-refractivity contribution >= 4 is 27.5 Å². The second kappa shape index (κ2) is 6.03. The Bertz CT molecular complexity index is 568. The monoisotopic (exact) mass is 342 g/mol. The first-order chi connectivity index (χ1) is 8.99. The predicted molar refractivity (Wildman–Crippen MR) is 80.2 cm³/mol. The largest absolute Gasteiger partial charge is 0.324 e. The molecule has 102 valence electrons. The van der Waals surface area contributed by atoms with E-state index in [0.29, 0.717) is 11.4 Å². The van der Waals surface area contributed by atoms with Gasteiger partial charge in [0, 0.05) is 23.0 Å². The molecule has 0 saturated heterocycles. The van der Waals surface area contributed by atoms with Crippen LogP contribution in [0.25, 0.3) is 0 Å². The number of halogens is 2. The molecule has 0 aliphatic rings. The molecule has 1 unspecified atom stereocenters. The van der Waals surface area contributed by atoms with Crippen LogP contribution in [0.5, 0.6) is 0 Å². The molecule has 1 atom stereocenters. The van der Waals surface area contributed by atoms with Gasteiger partial charge in [-0.05, 0) is 47.5 Å². The Balaban J connectivity index is 2.18. The predicted octanol–water partition coefficient (Wildman–Crippen LogP) is 3.52. The first-order valence-electron chi connectivity index (χ1n) is 6.08. The molecule has 1 aromatic heterocycles. The third-order valence-electron chi connectivity index (χ3n) is 2.91. The molecular formula is C13H16BrClN4. The van der Waals surface area contributed by atoms with E-state index >= 15 is 0 Å². The molecule has 0 bridgehead atoms. The van der Waals surface area contributed by atoms with E-state index in [0.717, 1.165) is 15.9 Å². The van der Waals surface area contributed by atoms with Gasteiger partial charge in [0.05, 0.1) is 5.02 Å². The molecule has 0 aliphatic carbocycles. The van der Waals surface area contributed by atoms with Crippen LogP contribution >= 0.6 is 27.5 Å². The molecule has 0 amide bonds. The van der Waals surface area contributed by atoms with Gasteiger partial charge < -0.3 is 5.73 Å². The summed E-state index contributed by atoms with van der Waals surface area (Å²) in [5.74, 6) is 0.897. The fourth-order valence-electron chi connectivity index (χ4n) is 1.91. The molecule has 2 N–H and O–H groups in total. The van der Waals surface area contributed by atoms with Crippen LogP contribution in [0.15, 0.2) is 29.0 Å². The summed E-state index contributed by atoms with van der Waals surface area (Å²) in [6.45, 7) is 4.14. The van der Waals surface area contributed by atoms with Crippen LogP contribution in [0.3, 0.4) is 0 Å². The molecule has 4 nitrogen and oxygen atoms in total. The van der Waals surface area contributed by atoms with Gasteiger partial charge in [0.25, 0.3) is 0 Å². The van der Waals surface area contributed by atoms with E-state index in [1.54, 1.807) is 6.33 Å². The van der Waals surface area contributed by atoms with Gasteiger partial charge in [-0.25, -0.2) is 9.67 Å². The van der Waals surface area contributed by atoms with Crippen LogP contribution in [-0.4, -0.2) is 14.8 Å². The van der Waals surface area contributed by atoms with Crippen LogP contribution in [0.4, 0.5) is 0 Å². The minimum absolute atomic E-state index is 0.129. The lowest BCUT2D eigenvalue weighted by atomic mass is 10.0. The standard InChI is InChI=1S/C13H16BrClN4/c1-8(2)19-13(17-7-18-19)6-12(16)9-3-4-11(15)10(14)5-9/h3-5,7-8,12H,6,16H2,1-2H3. The minimum atomic E-state index is -0.129. The van der Waals surface area contributed by atoms with Gasteiger partial charge in [-0.2, -0.15) is 5.10 Å². The van der Waals surface area contributed by atoms with Crippen molar-refractivity contribution in [3.63, 3.8) is 0 Å². The normalized spacial score (nSPS) is 12.9. The first kappa shape index (κ1) is 14.5. The Labute approximate surface area is 126 Å². The maximum absolute atomic E-state index is 6.23. The van der Waals surface area contributed by atoms with Gasteiger partial charge in [0.2, 0.25) is 0 Å². The molecule has 0 aliphatic heterocycles. The molecule has 0 fully saturated rings. The third-order valence-corrected chi connectivity index (χ3v) is 4.12. The number of rotatable bonds is 4. The summed E-state index contributed by atoms with van der Waals surface area (Å²) < 4.78 is 2.75. The van der Waals surface area contributed by atoms with Gasteiger partial charge in [-0.1, -0.05) is 17.7 Å². The van der Waals surface area contributed by atoms with Crippen LogP contribution in [0.2, 0.25) is 5.02 Å². The molecule has 0 spiro atoms. The number of nitrogens with two attached hydrogens (primary N) is 1. The molecule has 2 rings (SSSR count). The summed E-state index contributed by atoms with van der Waals surface area (Å²) in [4.78, 5) is 4.28. The molecule has 1 heterocycles. The van der Waals surface area contributed by atoms with Crippen molar-refractivity contribution in [3.05, 3.63) is 45.4 Å². The Morgan fingerprint density at radius 3 is 2.79 bits per heavy atom. The van der Waals surface area contributed by atoms with Crippen molar-refractivity contribution in [2.24, 2.45) is 5.73 Å². The number of benzene rings is 1. The zero-order chi connectivity index (χ0) is 14.0. The third kappa shape index (κ3) is 3.35. The van der Waals surface area contributed by atoms with Gasteiger partial charge in [-0.15, -0.1) is 0 Å². The second-order valence-corrected chi connectivity index (χ2v) is 5.96. The number of hydrogen-bond acceptors (Lipinski definition) is 3. The van der Waals surface area contributed by atoms with Gasteiger partial charge >= 0.3 is 0 Å². The Morgan fingerprint density at radius 2 is 2.16 bits per heavy atom. The van der Waals surface area contributed by atoms with Gasteiger partial charge in [0.1, 0.15) is 12.2 Å². The molecule has 0 radical (unpaired) electrons. The minimum Gasteiger partial charge on any atom is -0.324 e. The fraction of sp³-hybridized carbons (Fsp3) is 0.385. The fourth-order valence-corrected chi connectivity index (χ4v) is 2.42. The lowest BCUT2D eigenvalue weighted by Crippen LogP contribution is -2.18. The highest BCUT2D eigenvalue weighted by molar-refractivity contribution is 9.10. The van der Waals surface area contributed by atoms with E-state index in [9.17, 15) is 0 Å². The summed E-state index contributed by atoms with van der Waals surface area (Å²) in [5, 5.41) is 4.90. The van der Waals surface area contributed by atoms with Crippen LogP contribution < -0.4 is 5.73 Å². The van der Waals surface area contributed by atoms with Crippen molar-refractivity contribution in [1.82, 2.24) is 14.8 Å². The van der Waals surface area contributed by atoms with Crippen LogP contribution in [0, 0.1) is 0 Å². The van der Waals surface area contributed by atoms with Crippen LogP contribution in [-0.2, 0) is 6.42 Å². The smallest absolute Gasteiger partial charge is 0.138 e.